The average molecular weight is 430 g/mol. The smallest absolute Gasteiger partial charge is 0.192 e. The molecule has 0 atom stereocenters. The van der Waals surface area contributed by atoms with E-state index < -0.39 is 0 Å². The van der Waals surface area contributed by atoms with Gasteiger partial charge in [-0.25, -0.2) is 0 Å². The Labute approximate surface area is 185 Å². The first-order valence-electron chi connectivity index (χ1n) is 10.4. The van der Waals surface area contributed by atoms with Crippen LogP contribution in [0.2, 0.25) is 0 Å². The number of pyridine rings is 1. The molecule has 0 radical (unpaired) electrons. The molecule has 0 bridgehead atoms. The molecule has 3 heterocycles. The van der Waals surface area contributed by atoms with E-state index in [4.69, 9.17) is 0 Å². The maximum Gasteiger partial charge on any atom is 0.192 e. The van der Waals surface area contributed by atoms with Crippen LogP contribution < -0.4 is 0 Å². The molecule has 1 aliphatic carbocycles. The van der Waals surface area contributed by atoms with E-state index in [1.54, 1.807) is 12.4 Å². The van der Waals surface area contributed by atoms with Crippen LogP contribution in [0.15, 0.2) is 66.1 Å². The number of rotatable bonds is 7. The summed E-state index contributed by atoms with van der Waals surface area (Å²) < 4.78 is 4.30. The van der Waals surface area contributed by atoms with E-state index in [0.29, 0.717) is 11.8 Å². The van der Waals surface area contributed by atoms with Crippen molar-refractivity contribution in [2.75, 3.05) is 5.75 Å². The minimum Gasteiger partial charge on any atom is -0.318 e. The number of carbonyl (C=O) groups is 1. The minimum atomic E-state index is 0.105. The van der Waals surface area contributed by atoms with Crippen LogP contribution >= 0.6 is 11.8 Å². The van der Waals surface area contributed by atoms with E-state index in [1.165, 1.54) is 11.8 Å². The van der Waals surface area contributed by atoms with Crippen molar-refractivity contribution in [1.29, 1.82) is 0 Å². The number of para-hydroxylation sites is 1. The van der Waals surface area contributed by atoms with Gasteiger partial charge in [-0.2, -0.15) is 0 Å². The van der Waals surface area contributed by atoms with Gasteiger partial charge in [0.1, 0.15) is 0 Å². The summed E-state index contributed by atoms with van der Waals surface area (Å²) in [5.74, 6) is 1.26. The van der Waals surface area contributed by atoms with Gasteiger partial charge in [0.25, 0.3) is 0 Å². The molecule has 3 aromatic heterocycles. The quantitative estimate of drug-likeness (QED) is 0.304. The van der Waals surface area contributed by atoms with E-state index in [1.807, 2.05) is 50.2 Å². The van der Waals surface area contributed by atoms with Crippen molar-refractivity contribution in [3.8, 4) is 17.1 Å². The number of benzene rings is 1. The Morgan fingerprint density at radius 2 is 1.90 bits per heavy atom. The van der Waals surface area contributed by atoms with Crippen LogP contribution in [0.4, 0.5) is 0 Å². The van der Waals surface area contributed by atoms with Crippen molar-refractivity contribution in [2.24, 2.45) is 0 Å². The third-order valence-corrected chi connectivity index (χ3v) is 6.52. The Morgan fingerprint density at radius 1 is 1.10 bits per heavy atom. The summed E-state index contributed by atoms with van der Waals surface area (Å²) in [6, 6.07) is 16.4. The van der Waals surface area contributed by atoms with Crippen molar-refractivity contribution in [1.82, 2.24) is 24.3 Å². The van der Waals surface area contributed by atoms with Gasteiger partial charge in [0.15, 0.2) is 16.8 Å². The summed E-state index contributed by atoms with van der Waals surface area (Å²) >= 11 is 1.46. The summed E-state index contributed by atoms with van der Waals surface area (Å²) in [7, 11) is 0. The summed E-state index contributed by atoms with van der Waals surface area (Å²) in [5, 5.41) is 9.61. The summed E-state index contributed by atoms with van der Waals surface area (Å²) in [5.41, 5.74) is 4.80. The first kappa shape index (κ1) is 19.8. The molecular formula is C24H23N5OS. The molecule has 0 aliphatic heterocycles. The molecule has 1 saturated carbocycles. The molecular weight excluding hydrogens is 406 g/mol. The summed E-state index contributed by atoms with van der Waals surface area (Å²) in [4.78, 5) is 17.3. The third kappa shape index (κ3) is 3.81. The minimum absolute atomic E-state index is 0.105. The molecule has 4 aromatic rings. The number of aromatic nitrogens is 5. The van der Waals surface area contributed by atoms with Gasteiger partial charge in [-0.1, -0.05) is 30.0 Å². The van der Waals surface area contributed by atoms with Gasteiger partial charge in [0, 0.05) is 46.6 Å². The van der Waals surface area contributed by atoms with E-state index in [0.717, 1.165) is 52.0 Å². The van der Waals surface area contributed by atoms with E-state index in [-0.39, 0.29) is 5.78 Å². The summed E-state index contributed by atoms with van der Waals surface area (Å²) in [6.45, 7) is 4.04. The average Bonchev–Trinajstić information content (AvgIpc) is 3.48. The number of aryl methyl sites for hydroxylation is 1. The normalized spacial score (nSPS) is 13.5. The van der Waals surface area contributed by atoms with Crippen molar-refractivity contribution >= 4 is 17.5 Å². The third-order valence-electron chi connectivity index (χ3n) is 5.57. The van der Waals surface area contributed by atoms with Gasteiger partial charge >= 0.3 is 0 Å². The lowest BCUT2D eigenvalue weighted by Crippen LogP contribution is -2.07. The molecule has 6 nitrogen and oxygen atoms in total. The highest BCUT2D eigenvalue weighted by Crippen LogP contribution is 2.41. The molecule has 0 unspecified atom stereocenters. The molecule has 0 N–H and O–H groups in total. The number of carbonyl (C=O) groups excluding carboxylic acids is 1. The highest BCUT2D eigenvalue weighted by Gasteiger charge is 2.30. The molecule has 0 amide bonds. The number of nitrogens with zero attached hydrogens (tertiary/aromatic N) is 5. The van der Waals surface area contributed by atoms with Crippen LogP contribution in [0.1, 0.15) is 40.6 Å². The van der Waals surface area contributed by atoms with E-state index >= 15 is 0 Å². The maximum absolute atomic E-state index is 13.1. The van der Waals surface area contributed by atoms with Crippen molar-refractivity contribution < 1.29 is 4.79 Å². The fourth-order valence-corrected chi connectivity index (χ4v) is 4.85. The zero-order chi connectivity index (χ0) is 21.4. The highest BCUT2D eigenvalue weighted by atomic mass is 32.2. The van der Waals surface area contributed by atoms with Crippen LogP contribution in [0.25, 0.3) is 17.1 Å². The molecule has 1 aromatic carbocycles. The molecule has 0 spiro atoms. The second kappa shape index (κ2) is 8.15. The predicted octanol–water partition coefficient (Wildman–Crippen LogP) is 5.06. The Bertz CT molecular complexity index is 1230. The molecule has 7 heteroatoms. The number of hydrogen-bond acceptors (Lipinski definition) is 5. The Balaban J connectivity index is 1.38. The van der Waals surface area contributed by atoms with Gasteiger partial charge in [0.05, 0.1) is 5.75 Å². The van der Waals surface area contributed by atoms with E-state index in [2.05, 4.69) is 36.4 Å². The lowest BCUT2D eigenvalue weighted by Gasteiger charge is -2.10. The van der Waals surface area contributed by atoms with Crippen molar-refractivity contribution in [2.45, 2.75) is 37.9 Å². The Kier molecular flexibility index (Phi) is 5.19. The topological polar surface area (TPSA) is 65.6 Å². The number of ketones is 1. The van der Waals surface area contributed by atoms with Crippen LogP contribution in [-0.4, -0.2) is 35.9 Å². The highest BCUT2D eigenvalue weighted by molar-refractivity contribution is 7.99. The lowest BCUT2D eigenvalue weighted by atomic mass is 10.2. The first-order chi connectivity index (χ1) is 15.1. The molecule has 1 fully saturated rings. The standard InChI is InChI=1S/C24H23N5OS/c1-16-13-21(17(2)28(16)19-8-4-3-5-9-19)22(30)15-31-24-27-26-23(29(24)20-10-11-20)18-7-6-12-25-14-18/h3-9,12-14,20H,10-11,15H2,1-2H3. The van der Waals surface area contributed by atoms with Crippen molar-refractivity contribution in [3.05, 3.63) is 77.9 Å². The maximum atomic E-state index is 13.1. The Hall–Kier alpha value is -3.19. The number of thioether (sulfide) groups is 1. The van der Waals surface area contributed by atoms with Crippen LogP contribution in [0, 0.1) is 13.8 Å². The van der Waals surface area contributed by atoms with Gasteiger partial charge in [-0.3, -0.25) is 14.3 Å². The zero-order valence-electron chi connectivity index (χ0n) is 17.5. The monoisotopic (exact) mass is 429 g/mol. The largest absolute Gasteiger partial charge is 0.318 e. The lowest BCUT2D eigenvalue weighted by molar-refractivity contribution is 0.102. The molecule has 31 heavy (non-hydrogen) atoms. The van der Waals surface area contributed by atoms with Crippen molar-refractivity contribution in [3.63, 3.8) is 0 Å². The second-order valence-electron chi connectivity index (χ2n) is 7.82. The van der Waals surface area contributed by atoms with Crippen LogP contribution in [0.3, 0.4) is 0 Å². The SMILES string of the molecule is Cc1cc(C(=O)CSc2nnc(-c3cccnc3)n2C2CC2)c(C)n1-c1ccccc1. The molecule has 0 saturated heterocycles. The second-order valence-corrected chi connectivity index (χ2v) is 8.76. The zero-order valence-corrected chi connectivity index (χ0v) is 18.3. The predicted molar refractivity (Wildman–Crippen MR) is 122 cm³/mol. The van der Waals surface area contributed by atoms with Crippen LogP contribution in [0.5, 0.6) is 0 Å². The summed E-state index contributed by atoms with van der Waals surface area (Å²) in [6.07, 6.45) is 5.79. The first-order valence-corrected chi connectivity index (χ1v) is 11.4. The van der Waals surface area contributed by atoms with Gasteiger partial charge in [0.2, 0.25) is 0 Å². The molecule has 1 aliphatic rings. The van der Waals surface area contributed by atoms with Crippen LogP contribution in [-0.2, 0) is 0 Å². The molecule has 5 rings (SSSR count). The van der Waals surface area contributed by atoms with E-state index in [9.17, 15) is 4.79 Å². The number of hydrogen-bond donors (Lipinski definition) is 0. The Morgan fingerprint density at radius 3 is 2.61 bits per heavy atom. The molecule has 156 valence electrons. The van der Waals surface area contributed by atoms with Gasteiger partial charge in [-0.15, -0.1) is 10.2 Å². The number of Topliss-reactive ketones (excluding diaryl/α,β-unsaturated/α-hetero) is 1. The van der Waals surface area contributed by atoms with Gasteiger partial charge in [-0.05, 0) is 57.0 Å². The fourth-order valence-electron chi connectivity index (χ4n) is 3.96. The fraction of sp³-hybridized carbons (Fsp3) is 0.250. The van der Waals surface area contributed by atoms with Gasteiger partial charge < -0.3 is 4.57 Å².